The van der Waals surface area contributed by atoms with Gasteiger partial charge in [-0.2, -0.15) is 0 Å². The number of hydrogen-bond acceptors (Lipinski definition) is 3. The summed E-state index contributed by atoms with van der Waals surface area (Å²) in [5.41, 5.74) is 0.799. The number of rotatable bonds is 6. The van der Waals surface area contributed by atoms with E-state index in [0.29, 0.717) is 16.7 Å². The van der Waals surface area contributed by atoms with Crippen molar-refractivity contribution < 1.29 is 9.90 Å². The van der Waals surface area contributed by atoms with Crippen LogP contribution in [0.25, 0.3) is 0 Å². The molecule has 2 rings (SSSR count). The minimum atomic E-state index is -0.811. The molecular formula is C17H27NO2S. The number of carboxylic acids is 1. The Bertz CT molecular complexity index is 473. The zero-order chi connectivity index (χ0) is 15.4. The first-order valence-corrected chi connectivity index (χ1v) is 9.05. The van der Waals surface area contributed by atoms with Gasteiger partial charge in [-0.05, 0) is 43.9 Å². The fourth-order valence-electron chi connectivity index (χ4n) is 3.34. The zero-order valence-electron chi connectivity index (χ0n) is 13.4. The number of carbonyl (C=O) groups is 1. The number of hydrogen-bond donors (Lipinski definition) is 1. The number of nitrogens with zero attached hydrogens (tertiary/aromatic N) is 1. The molecule has 4 heteroatoms. The maximum Gasteiger partial charge on any atom is 0.347 e. The van der Waals surface area contributed by atoms with E-state index < -0.39 is 5.97 Å². The lowest BCUT2D eigenvalue weighted by Gasteiger charge is -2.26. The third-order valence-corrected chi connectivity index (χ3v) is 5.65. The lowest BCUT2D eigenvalue weighted by atomic mass is 9.80. The standard InChI is InChI=1S/C17H27NO2S/c1-4-5-12-6-8-13(9-7-12)16-18-14(10-11(2)3)15(21-16)17(19)20/h11-13H,4-10H2,1-3H3,(H,19,20). The van der Waals surface area contributed by atoms with Gasteiger partial charge >= 0.3 is 5.97 Å². The molecule has 1 fully saturated rings. The molecular weight excluding hydrogens is 282 g/mol. The predicted octanol–water partition coefficient (Wildman–Crippen LogP) is 5.11. The van der Waals surface area contributed by atoms with Gasteiger partial charge in [0.05, 0.1) is 10.7 Å². The minimum Gasteiger partial charge on any atom is -0.477 e. The normalized spacial score (nSPS) is 22.7. The minimum absolute atomic E-state index is 0.443. The number of thiazole rings is 1. The van der Waals surface area contributed by atoms with Crippen LogP contribution in [-0.4, -0.2) is 16.1 Å². The molecule has 0 saturated heterocycles. The van der Waals surface area contributed by atoms with Gasteiger partial charge in [0.15, 0.2) is 0 Å². The van der Waals surface area contributed by atoms with E-state index in [2.05, 4.69) is 20.8 Å². The molecule has 1 aromatic heterocycles. The lowest BCUT2D eigenvalue weighted by molar-refractivity contribution is 0.0700. The fourth-order valence-corrected chi connectivity index (χ4v) is 4.44. The molecule has 0 bridgehead atoms. The smallest absolute Gasteiger partial charge is 0.347 e. The second-order valence-corrected chi connectivity index (χ2v) is 7.77. The van der Waals surface area contributed by atoms with E-state index in [1.54, 1.807) is 0 Å². The molecule has 118 valence electrons. The van der Waals surface area contributed by atoms with Gasteiger partial charge in [-0.25, -0.2) is 9.78 Å². The van der Waals surface area contributed by atoms with Crippen molar-refractivity contribution in [2.75, 3.05) is 0 Å². The van der Waals surface area contributed by atoms with Crippen LogP contribution in [0.4, 0.5) is 0 Å². The van der Waals surface area contributed by atoms with Crippen LogP contribution in [0.1, 0.15) is 85.6 Å². The molecule has 0 aliphatic heterocycles. The highest BCUT2D eigenvalue weighted by atomic mass is 32.1. The third-order valence-electron chi connectivity index (χ3n) is 4.40. The van der Waals surface area contributed by atoms with Crippen LogP contribution in [-0.2, 0) is 6.42 Å². The van der Waals surface area contributed by atoms with Gasteiger partial charge < -0.3 is 5.11 Å². The monoisotopic (exact) mass is 309 g/mol. The van der Waals surface area contributed by atoms with Crippen molar-refractivity contribution in [3.63, 3.8) is 0 Å². The predicted molar refractivity (Wildman–Crippen MR) is 87.2 cm³/mol. The van der Waals surface area contributed by atoms with Crippen molar-refractivity contribution in [3.05, 3.63) is 15.6 Å². The van der Waals surface area contributed by atoms with Crippen LogP contribution < -0.4 is 0 Å². The molecule has 0 amide bonds. The van der Waals surface area contributed by atoms with Gasteiger partial charge in [-0.3, -0.25) is 0 Å². The molecule has 1 heterocycles. The third kappa shape index (κ3) is 4.29. The Morgan fingerprint density at radius 1 is 1.33 bits per heavy atom. The molecule has 0 aromatic carbocycles. The first kappa shape index (κ1) is 16.5. The summed E-state index contributed by atoms with van der Waals surface area (Å²) >= 11 is 1.42. The number of carboxylic acid groups (broad SMARTS) is 1. The topological polar surface area (TPSA) is 50.2 Å². The average molecular weight is 309 g/mol. The largest absolute Gasteiger partial charge is 0.477 e. The van der Waals surface area contributed by atoms with Crippen molar-refractivity contribution in [3.8, 4) is 0 Å². The first-order valence-electron chi connectivity index (χ1n) is 8.24. The van der Waals surface area contributed by atoms with Crippen molar-refractivity contribution in [1.82, 2.24) is 4.98 Å². The van der Waals surface area contributed by atoms with Gasteiger partial charge in [0, 0.05) is 5.92 Å². The zero-order valence-corrected chi connectivity index (χ0v) is 14.2. The Morgan fingerprint density at radius 3 is 2.52 bits per heavy atom. The lowest BCUT2D eigenvalue weighted by Crippen LogP contribution is -2.13. The highest BCUT2D eigenvalue weighted by Crippen LogP contribution is 2.39. The average Bonchev–Trinajstić information content (AvgIpc) is 2.83. The van der Waals surface area contributed by atoms with Crippen molar-refractivity contribution in [2.45, 2.75) is 71.6 Å². The van der Waals surface area contributed by atoms with E-state index in [1.807, 2.05) is 0 Å². The highest BCUT2D eigenvalue weighted by molar-refractivity contribution is 7.13. The van der Waals surface area contributed by atoms with Crippen LogP contribution in [0.5, 0.6) is 0 Å². The molecule has 0 radical (unpaired) electrons. The summed E-state index contributed by atoms with van der Waals surface area (Å²) in [7, 11) is 0. The summed E-state index contributed by atoms with van der Waals surface area (Å²) < 4.78 is 0. The Labute approximate surface area is 131 Å². The number of aromatic carboxylic acids is 1. The molecule has 1 N–H and O–H groups in total. The molecule has 1 aliphatic rings. The maximum atomic E-state index is 11.4. The summed E-state index contributed by atoms with van der Waals surface area (Å²) in [6, 6.07) is 0. The fraction of sp³-hybridized carbons (Fsp3) is 0.765. The van der Waals surface area contributed by atoms with E-state index in [9.17, 15) is 9.90 Å². The van der Waals surface area contributed by atoms with Gasteiger partial charge in [-0.15, -0.1) is 11.3 Å². The highest BCUT2D eigenvalue weighted by Gasteiger charge is 2.27. The second-order valence-electron chi connectivity index (χ2n) is 6.74. The van der Waals surface area contributed by atoms with E-state index in [4.69, 9.17) is 4.98 Å². The van der Waals surface area contributed by atoms with Crippen LogP contribution in [0.2, 0.25) is 0 Å². The van der Waals surface area contributed by atoms with Crippen molar-refractivity contribution >= 4 is 17.3 Å². The van der Waals surface area contributed by atoms with Crippen LogP contribution in [0.3, 0.4) is 0 Å². The van der Waals surface area contributed by atoms with E-state index >= 15 is 0 Å². The molecule has 21 heavy (non-hydrogen) atoms. The maximum absolute atomic E-state index is 11.4. The molecule has 1 aromatic rings. The van der Waals surface area contributed by atoms with E-state index in [-0.39, 0.29) is 0 Å². The SMILES string of the molecule is CCCC1CCC(c2nc(CC(C)C)c(C(=O)O)s2)CC1. The quantitative estimate of drug-likeness (QED) is 0.794. The van der Waals surface area contributed by atoms with Crippen LogP contribution in [0, 0.1) is 11.8 Å². The Hall–Kier alpha value is -0.900. The molecule has 0 atom stereocenters. The van der Waals surface area contributed by atoms with Crippen molar-refractivity contribution in [1.29, 1.82) is 0 Å². The van der Waals surface area contributed by atoms with Crippen LogP contribution >= 0.6 is 11.3 Å². The Morgan fingerprint density at radius 2 is 2.00 bits per heavy atom. The molecule has 0 unspecified atom stereocenters. The summed E-state index contributed by atoms with van der Waals surface area (Å²) in [6.45, 7) is 6.48. The molecule has 3 nitrogen and oxygen atoms in total. The molecule has 1 saturated carbocycles. The van der Waals surface area contributed by atoms with Gasteiger partial charge in [-0.1, -0.05) is 33.6 Å². The van der Waals surface area contributed by atoms with E-state index in [1.165, 1.54) is 49.9 Å². The van der Waals surface area contributed by atoms with Crippen molar-refractivity contribution in [2.24, 2.45) is 11.8 Å². The summed E-state index contributed by atoms with van der Waals surface area (Å²) in [5, 5.41) is 10.4. The van der Waals surface area contributed by atoms with Gasteiger partial charge in [0.1, 0.15) is 4.88 Å². The summed E-state index contributed by atoms with van der Waals surface area (Å²) in [5.74, 6) is 0.995. The Balaban J connectivity index is 2.08. The molecule has 0 spiro atoms. The van der Waals surface area contributed by atoms with Gasteiger partial charge in [0.2, 0.25) is 0 Å². The molecule has 1 aliphatic carbocycles. The second kappa shape index (κ2) is 7.39. The summed E-state index contributed by atoms with van der Waals surface area (Å²) in [4.78, 5) is 16.6. The Kier molecular flexibility index (Phi) is 5.80. The summed E-state index contributed by atoms with van der Waals surface area (Å²) in [6.07, 6.45) is 8.29. The number of aromatic nitrogens is 1. The van der Waals surface area contributed by atoms with E-state index in [0.717, 1.165) is 23.0 Å². The van der Waals surface area contributed by atoms with Gasteiger partial charge in [0.25, 0.3) is 0 Å². The van der Waals surface area contributed by atoms with Crippen LogP contribution in [0.15, 0.2) is 0 Å². The first-order chi connectivity index (χ1) is 10.0.